The number of rotatable bonds is 3. The van der Waals surface area contributed by atoms with Gasteiger partial charge < -0.3 is 19.9 Å². The van der Waals surface area contributed by atoms with Crippen molar-refractivity contribution < 1.29 is 24.2 Å². The van der Waals surface area contributed by atoms with Crippen molar-refractivity contribution in [1.82, 2.24) is 10.6 Å². The van der Waals surface area contributed by atoms with E-state index in [0.717, 1.165) is 11.6 Å². The molecule has 0 spiro atoms. The van der Waals surface area contributed by atoms with E-state index >= 15 is 0 Å². The molecule has 22 heavy (non-hydrogen) atoms. The molecule has 1 unspecified atom stereocenters. The van der Waals surface area contributed by atoms with Crippen LogP contribution in [-0.4, -0.2) is 44.0 Å². The maximum atomic E-state index is 11.2. The van der Waals surface area contributed by atoms with E-state index in [-0.39, 0.29) is 12.5 Å². The average molecular weight is 374 g/mol. The van der Waals surface area contributed by atoms with Gasteiger partial charge in [0.25, 0.3) is 0 Å². The first-order valence-corrected chi connectivity index (χ1v) is 6.95. The van der Waals surface area contributed by atoms with E-state index in [9.17, 15) is 14.7 Å². The number of nitrogens with zero attached hydrogens (tertiary/aromatic N) is 1. The summed E-state index contributed by atoms with van der Waals surface area (Å²) < 4.78 is 9.52. The number of hydrogen-bond acceptors (Lipinski definition) is 5. The monoisotopic (exact) mass is 373 g/mol. The molecule has 120 valence electrons. The fourth-order valence-corrected chi connectivity index (χ4v) is 1.99. The fraction of sp³-hybridized carbons (Fsp3) is 0.308. The molecule has 0 bridgehead atoms. The zero-order chi connectivity index (χ0) is 16.5. The van der Waals surface area contributed by atoms with Crippen LogP contribution in [0.5, 0.6) is 0 Å². The summed E-state index contributed by atoms with van der Waals surface area (Å²) in [5, 5.41) is 15.0. The first-order chi connectivity index (χ1) is 10.5. The Morgan fingerprint density at radius 3 is 2.59 bits per heavy atom. The van der Waals surface area contributed by atoms with Crippen molar-refractivity contribution in [3.63, 3.8) is 0 Å². The minimum absolute atomic E-state index is 0.00242. The van der Waals surface area contributed by atoms with E-state index in [4.69, 9.17) is 0 Å². The van der Waals surface area contributed by atoms with Gasteiger partial charge >= 0.3 is 12.2 Å². The van der Waals surface area contributed by atoms with Crippen LogP contribution in [-0.2, 0) is 9.47 Å². The van der Waals surface area contributed by atoms with Crippen LogP contribution in [0.15, 0.2) is 33.7 Å². The molecule has 0 fully saturated rings. The number of aliphatic hydroxyl groups is 1. The standard InChI is InChI=1S/C13H16BrN3O5/c1-21-12(19)16-11(17-13(20)22-2)15-7-10(18)8-5-3-4-6-9(8)14/h3-6,10,18H,7H2,1-2H3,(H2,15,16,17,19,20). The lowest BCUT2D eigenvalue weighted by Crippen LogP contribution is -2.43. The summed E-state index contributed by atoms with van der Waals surface area (Å²) in [6, 6.07) is 7.12. The number of aliphatic imine (C=N–C) groups is 1. The number of aliphatic hydroxyl groups excluding tert-OH is 1. The molecule has 1 aromatic rings. The normalized spacial score (nSPS) is 12.3. The SMILES string of the molecule is COC(=O)N=C(NCC(O)c1ccccc1Br)NC(=O)OC. The Labute approximate surface area is 135 Å². The molecule has 0 saturated carbocycles. The van der Waals surface area contributed by atoms with E-state index in [0.29, 0.717) is 5.56 Å². The molecule has 0 aliphatic rings. The quantitative estimate of drug-likeness (QED) is 0.547. The topological polar surface area (TPSA) is 109 Å². The summed E-state index contributed by atoms with van der Waals surface area (Å²) in [5.74, 6) is -0.190. The van der Waals surface area contributed by atoms with Crippen molar-refractivity contribution in [3.05, 3.63) is 34.3 Å². The Hall–Kier alpha value is -2.13. The van der Waals surface area contributed by atoms with Crippen molar-refractivity contribution in [3.8, 4) is 0 Å². The minimum Gasteiger partial charge on any atom is -0.453 e. The maximum Gasteiger partial charge on any atom is 0.436 e. The van der Waals surface area contributed by atoms with Crippen LogP contribution in [0.25, 0.3) is 0 Å². The third-order valence-electron chi connectivity index (χ3n) is 2.51. The minimum atomic E-state index is -0.908. The van der Waals surface area contributed by atoms with Crippen LogP contribution in [0.3, 0.4) is 0 Å². The van der Waals surface area contributed by atoms with Gasteiger partial charge in [0.2, 0.25) is 5.96 Å². The van der Waals surface area contributed by atoms with Gasteiger partial charge in [-0.2, -0.15) is 0 Å². The highest BCUT2D eigenvalue weighted by molar-refractivity contribution is 9.10. The van der Waals surface area contributed by atoms with E-state index in [1.807, 2.05) is 6.07 Å². The Morgan fingerprint density at radius 2 is 2.00 bits per heavy atom. The molecular formula is C13H16BrN3O5. The zero-order valence-electron chi connectivity index (χ0n) is 12.0. The van der Waals surface area contributed by atoms with Gasteiger partial charge in [0.15, 0.2) is 0 Å². The number of methoxy groups -OCH3 is 2. The Bertz CT molecular complexity index is 564. The van der Waals surface area contributed by atoms with Crippen molar-refractivity contribution >= 4 is 34.1 Å². The lowest BCUT2D eigenvalue weighted by molar-refractivity contribution is 0.172. The largest absolute Gasteiger partial charge is 0.453 e. The van der Waals surface area contributed by atoms with Gasteiger partial charge in [0, 0.05) is 11.0 Å². The molecule has 1 aromatic carbocycles. The van der Waals surface area contributed by atoms with Crippen molar-refractivity contribution in [2.24, 2.45) is 4.99 Å². The van der Waals surface area contributed by atoms with Gasteiger partial charge in [-0.15, -0.1) is 4.99 Å². The van der Waals surface area contributed by atoms with Crippen LogP contribution < -0.4 is 10.6 Å². The zero-order valence-corrected chi connectivity index (χ0v) is 13.6. The fourth-order valence-electron chi connectivity index (χ4n) is 1.44. The molecular weight excluding hydrogens is 358 g/mol. The molecule has 0 radical (unpaired) electrons. The summed E-state index contributed by atoms with van der Waals surface area (Å²) in [5.41, 5.74) is 0.644. The number of ether oxygens (including phenoxy) is 2. The predicted octanol–water partition coefficient (Wildman–Crippen LogP) is 1.55. The van der Waals surface area contributed by atoms with Gasteiger partial charge in [-0.25, -0.2) is 9.59 Å². The summed E-state index contributed by atoms with van der Waals surface area (Å²) in [6.07, 6.45) is -2.61. The van der Waals surface area contributed by atoms with Crippen molar-refractivity contribution in [2.75, 3.05) is 20.8 Å². The number of halogens is 1. The van der Waals surface area contributed by atoms with Crippen LogP contribution in [0.4, 0.5) is 9.59 Å². The average Bonchev–Trinajstić information content (AvgIpc) is 2.52. The third-order valence-corrected chi connectivity index (χ3v) is 3.23. The first-order valence-electron chi connectivity index (χ1n) is 6.16. The molecule has 2 amide bonds. The third kappa shape index (κ3) is 5.70. The number of nitrogens with one attached hydrogen (secondary N) is 2. The lowest BCUT2D eigenvalue weighted by Gasteiger charge is -2.15. The number of carbonyl (C=O) groups is 2. The molecule has 8 nitrogen and oxygen atoms in total. The van der Waals surface area contributed by atoms with Crippen LogP contribution >= 0.6 is 15.9 Å². The van der Waals surface area contributed by atoms with Crippen LogP contribution in [0.2, 0.25) is 0 Å². The molecule has 9 heteroatoms. The van der Waals surface area contributed by atoms with E-state index in [1.54, 1.807) is 18.2 Å². The number of guanidine groups is 1. The van der Waals surface area contributed by atoms with Gasteiger partial charge in [-0.05, 0) is 11.6 Å². The van der Waals surface area contributed by atoms with Gasteiger partial charge in [0.1, 0.15) is 0 Å². The molecule has 0 aliphatic heterocycles. The van der Waals surface area contributed by atoms with Crippen molar-refractivity contribution in [1.29, 1.82) is 0 Å². The van der Waals surface area contributed by atoms with E-state index in [1.165, 1.54) is 7.11 Å². The first kappa shape index (κ1) is 17.9. The van der Waals surface area contributed by atoms with Crippen LogP contribution in [0, 0.1) is 0 Å². The second-order valence-electron chi connectivity index (χ2n) is 3.97. The Kier molecular flexibility index (Phi) is 7.33. The molecule has 0 aromatic heterocycles. The smallest absolute Gasteiger partial charge is 0.436 e. The molecule has 0 heterocycles. The number of hydrogen-bond donors (Lipinski definition) is 3. The van der Waals surface area contributed by atoms with Gasteiger partial charge in [-0.1, -0.05) is 34.1 Å². The Balaban J connectivity index is 2.74. The maximum absolute atomic E-state index is 11.2. The van der Waals surface area contributed by atoms with Gasteiger partial charge in [0.05, 0.1) is 20.3 Å². The highest BCUT2D eigenvalue weighted by atomic mass is 79.9. The number of alkyl carbamates (subject to hydrolysis) is 1. The number of benzene rings is 1. The van der Waals surface area contributed by atoms with E-state index in [2.05, 4.69) is 41.0 Å². The number of carbonyl (C=O) groups excluding carboxylic acids is 2. The molecule has 0 aliphatic carbocycles. The molecule has 1 atom stereocenters. The summed E-state index contributed by atoms with van der Waals surface area (Å²) in [6.45, 7) is 0.00242. The Morgan fingerprint density at radius 1 is 1.32 bits per heavy atom. The van der Waals surface area contributed by atoms with Gasteiger partial charge in [-0.3, -0.25) is 5.32 Å². The summed E-state index contributed by atoms with van der Waals surface area (Å²) >= 11 is 3.33. The van der Waals surface area contributed by atoms with Crippen LogP contribution in [0.1, 0.15) is 11.7 Å². The second kappa shape index (κ2) is 9.00. The predicted molar refractivity (Wildman–Crippen MR) is 82.5 cm³/mol. The molecule has 3 N–H and O–H groups in total. The van der Waals surface area contributed by atoms with E-state index < -0.39 is 18.3 Å². The summed E-state index contributed by atoms with van der Waals surface area (Å²) in [4.78, 5) is 25.8. The molecule has 0 saturated heterocycles. The highest BCUT2D eigenvalue weighted by Crippen LogP contribution is 2.22. The summed E-state index contributed by atoms with van der Waals surface area (Å²) in [7, 11) is 2.32. The molecule has 1 rings (SSSR count). The van der Waals surface area contributed by atoms with Crippen molar-refractivity contribution in [2.45, 2.75) is 6.10 Å². The highest BCUT2D eigenvalue weighted by Gasteiger charge is 2.14. The number of amides is 2. The lowest BCUT2D eigenvalue weighted by atomic mass is 10.1. The second-order valence-corrected chi connectivity index (χ2v) is 4.82.